The lowest BCUT2D eigenvalue weighted by Crippen LogP contribution is -2.43. The highest BCUT2D eigenvalue weighted by atomic mass is 19.4. The average Bonchev–Trinajstić information content (AvgIpc) is 3.44. The second kappa shape index (κ2) is 10.4. The van der Waals surface area contributed by atoms with Crippen LogP contribution in [0.4, 0.5) is 27.6 Å². The number of piperidine rings is 1. The minimum absolute atomic E-state index is 0.0502. The van der Waals surface area contributed by atoms with Crippen LogP contribution in [-0.4, -0.2) is 59.4 Å². The monoisotopic (exact) mass is 567 g/mol. The molecule has 3 saturated heterocycles. The van der Waals surface area contributed by atoms with E-state index >= 15 is 4.39 Å². The van der Waals surface area contributed by atoms with Crippen molar-refractivity contribution in [1.82, 2.24) is 20.2 Å². The number of ether oxygens (including phenoxy) is 2. The van der Waals surface area contributed by atoms with Crippen LogP contribution < -0.4 is 15.8 Å². The number of nitrogens with one attached hydrogen (secondary N) is 1. The predicted octanol–water partition coefficient (Wildman–Crippen LogP) is 4.76. The molecule has 0 radical (unpaired) electrons. The summed E-state index contributed by atoms with van der Waals surface area (Å²) in [6, 6.07) is 1.12. The molecule has 0 spiro atoms. The van der Waals surface area contributed by atoms with E-state index in [-0.39, 0.29) is 42.8 Å². The van der Waals surface area contributed by atoms with E-state index in [1.807, 2.05) is 0 Å². The zero-order valence-corrected chi connectivity index (χ0v) is 22.4. The van der Waals surface area contributed by atoms with Crippen molar-refractivity contribution in [3.05, 3.63) is 45.5 Å². The van der Waals surface area contributed by atoms with E-state index in [0.29, 0.717) is 18.7 Å². The van der Waals surface area contributed by atoms with Gasteiger partial charge < -0.3 is 20.5 Å². The highest BCUT2D eigenvalue weighted by molar-refractivity contribution is 5.53. The molecule has 3 unspecified atom stereocenters. The Labute approximate surface area is 229 Å². The van der Waals surface area contributed by atoms with Crippen molar-refractivity contribution in [1.29, 1.82) is 0 Å². The number of nitrogens with two attached hydrogens (primary N) is 1. The van der Waals surface area contributed by atoms with E-state index in [1.165, 1.54) is 6.92 Å². The number of nitrogens with zero attached hydrogens (tertiary/aromatic N) is 3. The summed E-state index contributed by atoms with van der Waals surface area (Å²) in [5, 5.41) is 3.33. The van der Waals surface area contributed by atoms with Crippen LogP contribution in [0.1, 0.15) is 77.8 Å². The van der Waals surface area contributed by atoms with Crippen LogP contribution in [0.25, 0.3) is 0 Å². The summed E-state index contributed by atoms with van der Waals surface area (Å²) in [6.07, 6.45) is -3.18. The van der Waals surface area contributed by atoms with E-state index in [2.05, 4.69) is 15.2 Å². The van der Waals surface area contributed by atoms with Crippen molar-refractivity contribution in [3.8, 4) is 6.01 Å². The Morgan fingerprint density at radius 2 is 2.02 bits per heavy atom. The van der Waals surface area contributed by atoms with E-state index < -0.39 is 40.9 Å². The topological polar surface area (TPSA) is 85.5 Å². The maximum atomic E-state index is 15.2. The van der Waals surface area contributed by atoms with E-state index in [1.54, 1.807) is 0 Å². The van der Waals surface area contributed by atoms with E-state index in [9.17, 15) is 17.6 Å². The number of aromatic nitrogens is 2. The summed E-state index contributed by atoms with van der Waals surface area (Å²) in [6.45, 7) is 4.27. The van der Waals surface area contributed by atoms with Gasteiger partial charge in [0.1, 0.15) is 12.8 Å². The molecule has 1 aromatic carbocycles. The first-order valence-electron chi connectivity index (χ1n) is 14.0. The van der Waals surface area contributed by atoms with Crippen LogP contribution in [0.3, 0.4) is 0 Å². The van der Waals surface area contributed by atoms with E-state index in [0.717, 1.165) is 62.6 Å². The number of aryl methyl sites for hydroxylation is 1. The summed E-state index contributed by atoms with van der Waals surface area (Å²) >= 11 is 0. The standard InChI is InChI=1S/C28H34F5N5O2/c1-15-9-19(34)24(30)22(23(15)28(31,32)33)21-10-20-18(13-39-21)25(16-3-6-35-7-4-16)37-26(36-20)40-14-27-5-2-8-38(27)12-17(29)11-27/h9,16-17,21,35H,2-8,10-14,34H2,1H3. The molecule has 3 atom stereocenters. The molecule has 6 rings (SSSR count). The van der Waals surface area contributed by atoms with Crippen molar-refractivity contribution in [2.24, 2.45) is 0 Å². The molecule has 218 valence electrons. The van der Waals surface area contributed by atoms with Gasteiger partial charge in [-0.3, -0.25) is 4.90 Å². The summed E-state index contributed by atoms with van der Waals surface area (Å²) in [5.74, 6) is -1.03. The van der Waals surface area contributed by atoms with Crippen LogP contribution in [-0.2, 0) is 23.9 Å². The number of halogens is 5. The maximum absolute atomic E-state index is 15.2. The van der Waals surface area contributed by atoms with E-state index in [4.69, 9.17) is 20.2 Å². The number of hydrogen-bond donors (Lipinski definition) is 2. The molecule has 12 heteroatoms. The van der Waals surface area contributed by atoms with Gasteiger partial charge in [-0.1, -0.05) is 0 Å². The molecular weight excluding hydrogens is 533 g/mol. The van der Waals surface area contributed by atoms with Gasteiger partial charge in [-0.25, -0.2) is 8.78 Å². The fourth-order valence-corrected chi connectivity index (χ4v) is 7.13. The van der Waals surface area contributed by atoms with Crippen molar-refractivity contribution in [2.45, 2.75) is 82.0 Å². The van der Waals surface area contributed by atoms with Crippen LogP contribution in [0.5, 0.6) is 6.01 Å². The molecule has 0 bridgehead atoms. The lowest BCUT2D eigenvalue weighted by molar-refractivity contribution is -0.140. The largest absolute Gasteiger partial charge is 0.461 e. The molecule has 0 amide bonds. The van der Waals surface area contributed by atoms with Gasteiger partial charge >= 0.3 is 12.2 Å². The normalized spacial score (nSPS) is 27.6. The first-order chi connectivity index (χ1) is 19.1. The van der Waals surface area contributed by atoms with Crippen LogP contribution in [0.2, 0.25) is 0 Å². The number of benzene rings is 1. The van der Waals surface area contributed by atoms with Crippen molar-refractivity contribution >= 4 is 5.69 Å². The number of rotatable bonds is 5. The molecular formula is C28H34F5N5O2. The van der Waals surface area contributed by atoms with Gasteiger partial charge in [0.2, 0.25) is 0 Å². The molecule has 0 saturated carbocycles. The minimum Gasteiger partial charge on any atom is -0.461 e. The van der Waals surface area contributed by atoms with Gasteiger partial charge in [-0.05, 0) is 63.9 Å². The zero-order chi connectivity index (χ0) is 28.2. The minimum atomic E-state index is -4.79. The van der Waals surface area contributed by atoms with Gasteiger partial charge in [0.25, 0.3) is 0 Å². The van der Waals surface area contributed by atoms with Crippen LogP contribution in [0, 0.1) is 12.7 Å². The smallest absolute Gasteiger partial charge is 0.417 e. The number of anilines is 1. The van der Waals surface area contributed by atoms with Gasteiger partial charge in [0.05, 0.1) is 40.9 Å². The van der Waals surface area contributed by atoms with Gasteiger partial charge in [-0.15, -0.1) is 0 Å². The molecule has 2 aromatic rings. The zero-order valence-electron chi connectivity index (χ0n) is 22.4. The molecule has 3 fully saturated rings. The Hall–Kier alpha value is -2.57. The SMILES string of the molecule is Cc1cc(N)c(F)c(C2Cc3nc(OCC45CCCN4CC(F)C5)nc(C4CCNCC4)c3CO2)c1C(F)(F)F. The second-order valence-corrected chi connectivity index (χ2v) is 11.6. The Balaban J connectivity index is 1.36. The highest BCUT2D eigenvalue weighted by Gasteiger charge is 2.49. The molecule has 5 heterocycles. The summed E-state index contributed by atoms with van der Waals surface area (Å²) in [7, 11) is 0. The third kappa shape index (κ3) is 4.92. The van der Waals surface area contributed by atoms with Gasteiger partial charge in [-0.2, -0.15) is 23.1 Å². The fraction of sp³-hybridized carbons (Fsp3) is 0.643. The number of nitrogen functional groups attached to an aromatic ring is 1. The Kier molecular flexibility index (Phi) is 7.15. The average molecular weight is 568 g/mol. The Bertz CT molecular complexity index is 1280. The summed E-state index contributed by atoms with van der Waals surface area (Å²) in [4.78, 5) is 11.5. The quantitative estimate of drug-likeness (QED) is 0.398. The third-order valence-electron chi connectivity index (χ3n) is 9.00. The van der Waals surface area contributed by atoms with Crippen molar-refractivity contribution < 1.29 is 31.4 Å². The molecule has 4 aliphatic heterocycles. The summed E-state index contributed by atoms with van der Waals surface area (Å²) < 4.78 is 83.8. The lowest BCUT2D eigenvalue weighted by Gasteiger charge is -2.33. The van der Waals surface area contributed by atoms with Gasteiger partial charge in [0, 0.05) is 36.4 Å². The Morgan fingerprint density at radius 1 is 1.25 bits per heavy atom. The van der Waals surface area contributed by atoms with Crippen LogP contribution >= 0.6 is 0 Å². The maximum Gasteiger partial charge on any atom is 0.417 e. The first kappa shape index (κ1) is 27.6. The molecule has 3 N–H and O–H groups in total. The fourth-order valence-electron chi connectivity index (χ4n) is 7.13. The van der Waals surface area contributed by atoms with Crippen molar-refractivity contribution in [2.75, 3.05) is 38.5 Å². The Morgan fingerprint density at radius 3 is 2.77 bits per heavy atom. The molecule has 40 heavy (non-hydrogen) atoms. The molecule has 7 nitrogen and oxygen atoms in total. The summed E-state index contributed by atoms with van der Waals surface area (Å²) in [5.41, 5.74) is 5.12. The molecule has 1 aromatic heterocycles. The molecule has 0 aliphatic carbocycles. The highest BCUT2D eigenvalue weighted by Crippen LogP contribution is 2.45. The third-order valence-corrected chi connectivity index (χ3v) is 9.00. The van der Waals surface area contributed by atoms with Gasteiger partial charge in [0.15, 0.2) is 5.82 Å². The first-order valence-corrected chi connectivity index (χ1v) is 14.0. The predicted molar refractivity (Wildman–Crippen MR) is 137 cm³/mol. The number of hydrogen-bond acceptors (Lipinski definition) is 7. The van der Waals surface area contributed by atoms with Crippen molar-refractivity contribution in [3.63, 3.8) is 0 Å². The number of alkyl halides is 4. The molecule has 4 aliphatic rings. The number of fused-ring (bicyclic) bond motifs is 2. The second-order valence-electron chi connectivity index (χ2n) is 11.6. The lowest BCUT2D eigenvalue weighted by atomic mass is 9.87. The van der Waals surface area contributed by atoms with Crippen LogP contribution in [0.15, 0.2) is 6.07 Å².